The maximum absolute atomic E-state index is 13.5. The van der Waals surface area contributed by atoms with Crippen molar-refractivity contribution in [3.63, 3.8) is 0 Å². The van der Waals surface area contributed by atoms with Crippen LogP contribution in [0.15, 0.2) is 76.0 Å². The van der Waals surface area contributed by atoms with Crippen LogP contribution >= 0.6 is 0 Å². The average molecular weight is 595 g/mol. The Morgan fingerprint density at radius 2 is 1.49 bits per heavy atom. The maximum atomic E-state index is 13.5. The molecule has 5 atom stereocenters. The number of hydrogen-bond donors (Lipinski definition) is 7. The van der Waals surface area contributed by atoms with E-state index in [4.69, 9.17) is 18.6 Å². The molecule has 7 N–H and O–H groups in total. The van der Waals surface area contributed by atoms with E-state index in [-0.39, 0.29) is 33.8 Å². The monoisotopic (exact) mass is 594 g/mol. The highest BCUT2D eigenvalue weighted by Crippen LogP contribution is 2.37. The number of phenolic OH excluding ortho intramolecular Hbond substituents is 4. The van der Waals surface area contributed by atoms with E-state index >= 15 is 0 Å². The van der Waals surface area contributed by atoms with Crippen molar-refractivity contribution in [1.82, 2.24) is 0 Å². The fourth-order valence-corrected chi connectivity index (χ4v) is 4.41. The van der Waals surface area contributed by atoms with E-state index < -0.39 is 66.0 Å². The zero-order chi connectivity index (χ0) is 30.8. The van der Waals surface area contributed by atoms with Gasteiger partial charge >= 0.3 is 5.97 Å². The number of hydrogen-bond acceptors (Lipinski definition) is 13. The molecular weight excluding hydrogens is 568 g/mol. The first kappa shape index (κ1) is 29.4. The molecule has 0 saturated carbocycles. The fourth-order valence-electron chi connectivity index (χ4n) is 4.41. The van der Waals surface area contributed by atoms with Crippen LogP contribution in [-0.4, -0.2) is 79.0 Å². The van der Waals surface area contributed by atoms with Crippen molar-refractivity contribution in [2.24, 2.45) is 0 Å². The van der Waals surface area contributed by atoms with Crippen molar-refractivity contribution in [3.05, 3.63) is 82.5 Å². The van der Waals surface area contributed by atoms with Gasteiger partial charge in [0, 0.05) is 23.8 Å². The summed E-state index contributed by atoms with van der Waals surface area (Å²) in [5.74, 6) is -2.70. The van der Waals surface area contributed by atoms with Gasteiger partial charge in [-0.2, -0.15) is 0 Å². The van der Waals surface area contributed by atoms with Crippen molar-refractivity contribution in [3.8, 4) is 40.1 Å². The van der Waals surface area contributed by atoms with Crippen molar-refractivity contribution in [1.29, 1.82) is 0 Å². The van der Waals surface area contributed by atoms with Gasteiger partial charge in [-0.05, 0) is 48.0 Å². The Balaban J connectivity index is 1.42. The van der Waals surface area contributed by atoms with Gasteiger partial charge in [0.1, 0.15) is 65.0 Å². The average Bonchev–Trinajstić information content (AvgIpc) is 2.97. The third-order valence-electron chi connectivity index (χ3n) is 6.64. The van der Waals surface area contributed by atoms with Gasteiger partial charge in [0.15, 0.2) is 5.76 Å². The summed E-state index contributed by atoms with van der Waals surface area (Å²) in [4.78, 5) is 25.8. The van der Waals surface area contributed by atoms with Crippen LogP contribution in [0, 0.1) is 0 Å². The summed E-state index contributed by atoms with van der Waals surface area (Å²) < 4.78 is 22.2. The first-order valence-corrected chi connectivity index (χ1v) is 12.8. The van der Waals surface area contributed by atoms with E-state index in [1.54, 1.807) is 12.1 Å². The number of benzene rings is 3. The fraction of sp³-hybridized carbons (Fsp3) is 0.200. The number of esters is 1. The molecule has 13 heteroatoms. The highest BCUT2D eigenvalue weighted by atomic mass is 16.7. The summed E-state index contributed by atoms with van der Waals surface area (Å²) in [7, 11) is 0. The number of aliphatic hydroxyl groups excluding tert-OH is 3. The van der Waals surface area contributed by atoms with Crippen LogP contribution in [0.1, 0.15) is 5.56 Å². The first-order chi connectivity index (χ1) is 20.5. The predicted octanol–water partition coefficient (Wildman–Crippen LogP) is 1.73. The number of aromatic hydroxyl groups is 4. The predicted molar refractivity (Wildman–Crippen MR) is 148 cm³/mol. The SMILES string of the molecule is O=C(/C=C/c1ccc(O)cc1)OC[C@@H]1O[C@H](Oc2c(-c3ccc(O)cc3)oc3cc(O)cc(O)c3c2=O)[C@@H](O)[C@H](O)[C@@H]1O. The standard InChI is InChI=1S/C30H26O13/c31-16-6-1-14(2-7-16)3-10-22(35)40-13-21-24(36)26(38)27(39)30(42-21)43-29-25(37)23-19(34)11-18(33)12-20(23)41-28(29)15-4-8-17(32)9-5-15/h1-12,21,24,26-27,30-34,36,38-39H,13H2/b10-3+/t21-,24+,26+,27-,30+/m0/s1. The summed E-state index contributed by atoms with van der Waals surface area (Å²) in [6.07, 6.45) is -6.17. The molecule has 43 heavy (non-hydrogen) atoms. The molecule has 3 aromatic carbocycles. The minimum atomic E-state index is -1.90. The van der Waals surface area contributed by atoms with Crippen molar-refractivity contribution >= 4 is 23.0 Å². The Morgan fingerprint density at radius 1 is 0.837 bits per heavy atom. The third-order valence-corrected chi connectivity index (χ3v) is 6.64. The van der Waals surface area contributed by atoms with Crippen molar-refractivity contribution in [2.45, 2.75) is 30.7 Å². The molecule has 0 amide bonds. The van der Waals surface area contributed by atoms with Gasteiger partial charge in [-0.3, -0.25) is 4.79 Å². The Labute approximate surface area is 242 Å². The number of carbonyl (C=O) groups is 1. The quantitative estimate of drug-likeness (QED) is 0.120. The van der Waals surface area contributed by atoms with Gasteiger partial charge in [-0.1, -0.05) is 12.1 Å². The lowest BCUT2D eigenvalue weighted by atomic mass is 9.99. The van der Waals surface area contributed by atoms with E-state index in [9.17, 15) is 45.3 Å². The van der Waals surface area contributed by atoms with E-state index in [0.717, 1.165) is 18.2 Å². The molecule has 0 radical (unpaired) electrons. The zero-order valence-corrected chi connectivity index (χ0v) is 22.1. The molecule has 0 aliphatic carbocycles. The summed E-state index contributed by atoms with van der Waals surface area (Å²) in [6.45, 7) is -0.583. The lowest BCUT2D eigenvalue weighted by Crippen LogP contribution is -2.60. The molecule has 1 fully saturated rings. The third kappa shape index (κ3) is 6.24. The highest BCUT2D eigenvalue weighted by Gasteiger charge is 2.46. The number of rotatable bonds is 7. The highest BCUT2D eigenvalue weighted by molar-refractivity contribution is 5.88. The second kappa shape index (κ2) is 12.0. The van der Waals surface area contributed by atoms with Gasteiger partial charge in [0.05, 0.1) is 0 Å². The first-order valence-electron chi connectivity index (χ1n) is 12.8. The van der Waals surface area contributed by atoms with Gasteiger partial charge in [0.2, 0.25) is 17.5 Å². The van der Waals surface area contributed by atoms with Crippen molar-refractivity contribution < 1.29 is 59.2 Å². The Hall–Kier alpha value is -5.08. The molecule has 1 aromatic heterocycles. The summed E-state index contributed by atoms with van der Waals surface area (Å²) in [6, 6.07) is 13.4. The molecule has 1 saturated heterocycles. The summed E-state index contributed by atoms with van der Waals surface area (Å²) in [5, 5.41) is 70.6. The minimum Gasteiger partial charge on any atom is -0.508 e. The normalized spacial score (nSPS) is 22.1. The Bertz CT molecular complexity index is 1710. The second-order valence-electron chi connectivity index (χ2n) is 9.66. The van der Waals surface area contributed by atoms with Gasteiger partial charge < -0.3 is 54.4 Å². The van der Waals surface area contributed by atoms with Crippen LogP contribution in [0.5, 0.6) is 28.7 Å². The summed E-state index contributed by atoms with van der Waals surface area (Å²) in [5.41, 5.74) is -0.328. The minimum absolute atomic E-state index is 0.0495. The Morgan fingerprint density at radius 3 is 2.16 bits per heavy atom. The number of carbonyl (C=O) groups excluding carboxylic acids is 1. The van der Waals surface area contributed by atoms with Crippen LogP contribution in [-0.2, 0) is 14.3 Å². The van der Waals surface area contributed by atoms with Crippen molar-refractivity contribution in [2.75, 3.05) is 6.61 Å². The molecule has 0 unspecified atom stereocenters. The molecule has 0 spiro atoms. The van der Waals surface area contributed by atoms with E-state index in [1.165, 1.54) is 42.5 Å². The van der Waals surface area contributed by atoms with Crippen LogP contribution in [0.25, 0.3) is 28.4 Å². The number of phenols is 4. The lowest BCUT2D eigenvalue weighted by Gasteiger charge is -2.39. The molecule has 0 bridgehead atoms. The van der Waals surface area contributed by atoms with E-state index in [1.807, 2.05) is 0 Å². The molecule has 13 nitrogen and oxygen atoms in total. The van der Waals surface area contributed by atoms with Crippen LogP contribution in [0.2, 0.25) is 0 Å². The largest absolute Gasteiger partial charge is 0.508 e. The molecule has 1 aliphatic heterocycles. The molecule has 224 valence electrons. The molecule has 4 aromatic rings. The van der Waals surface area contributed by atoms with Gasteiger partial charge in [0.25, 0.3) is 0 Å². The molecular formula is C30H26O13. The topological polar surface area (TPSA) is 217 Å². The zero-order valence-electron chi connectivity index (χ0n) is 22.1. The summed E-state index contributed by atoms with van der Waals surface area (Å²) >= 11 is 0. The van der Waals surface area contributed by atoms with E-state index in [0.29, 0.717) is 5.56 Å². The Kier molecular flexibility index (Phi) is 8.23. The van der Waals surface area contributed by atoms with Gasteiger partial charge in [-0.15, -0.1) is 0 Å². The number of fused-ring (bicyclic) bond motifs is 1. The van der Waals surface area contributed by atoms with Crippen LogP contribution in [0.3, 0.4) is 0 Å². The lowest BCUT2D eigenvalue weighted by molar-refractivity contribution is -0.278. The molecule has 5 rings (SSSR count). The smallest absolute Gasteiger partial charge is 0.330 e. The van der Waals surface area contributed by atoms with E-state index in [2.05, 4.69) is 0 Å². The van der Waals surface area contributed by atoms with Gasteiger partial charge in [-0.25, -0.2) is 4.79 Å². The number of aliphatic hydroxyl groups is 3. The molecule has 1 aliphatic rings. The second-order valence-corrected chi connectivity index (χ2v) is 9.66. The van der Waals surface area contributed by atoms with Crippen LogP contribution in [0.4, 0.5) is 0 Å². The maximum Gasteiger partial charge on any atom is 0.330 e. The number of ether oxygens (including phenoxy) is 3. The molecule has 2 heterocycles. The van der Waals surface area contributed by atoms with Crippen LogP contribution < -0.4 is 10.2 Å².